The van der Waals surface area contributed by atoms with E-state index in [1.165, 1.54) is 24.3 Å². The molecule has 0 atom stereocenters. The number of benzene rings is 2. The summed E-state index contributed by atoms with van der Waals surface area (Å²) >= 11 is 29.0. The smallest absolute Gasteiger partial charge is 0.250 e. The van der Waals surface area contributed by atoms with E-state index in [4.69, 9.17) is 63.0 Å². The van der Waals surface area contributed by atoms with Crippen LogP contribution in [0.25, 0.3) is 17.4 Å². The molecule has 148 valence electrons. The van der Waals surface area contributed by atoms with Gasteiger partial charge in [0.15, 0.2) is 5.11 Å². The summed E-state index contributed by atoms with van der Waals surface area (Å²) in [6.45, 7) is 0. The third-order valence-electron chi connectivity index (χ3n) is 3.64. The van der Waals surface area contributed by atoms with E-state index in [0.29, 0.717) is 27.3 Å². The first kappa shape index (κ1) is 21.7. The summed E-state index contributed by atoms with van der Waals surface area (Å²) < 4.78 is 5.70. The molecule has 1 heterocycles. The molecule has 0 unspecified atom stereocenters. The van der Waals surface area contributed by atoms with Crippen LogP contribution in [-0.4, -0.2) is 11.0 Å². The number of hydrogen-bond acceptors (Lipinski definition) is 3. The minimum atomic E-state index is -0.451. The summed E-state index contributed by atoms with van der Waals surface area (Å²) in [5.74, 6) is 0.715. The lowest BCUT2D eigenvalue weighted by Gasteiger charge is -2.11. The molecule has 3 aromatic rings. The van der Waals surface area contributed by atoms with Gasteiger partial charge >= 0.3 is 0 Å². The van der Waals surface area contributed by atoms with E-state index in [2.05, 4.69) is 10.6 Å². The number of carbonyl (C=O) groups excluding carboxylic acids is 1. The van der Waals surface area contributed by atoms with Gasteiger partial charge in [-0.1, -0.05) is 46.4 Å². The number of amides is 1. The predicted octanol–water partition coefficient (Wildman–Crippen LogP) is 7.09. The average molecular weight is 486 g/mol. The molecule has 1 aromatic heterocycles. The molecule has 3 rings (SSSR count). The number of halogens is 4. The SMILES string of the molecule is O=C(C=Cc1ccc(-c2ccc(Cl)cc2)o1)NC(=S)Nc1c(Cl)cc(Cl)cc1Cl. The van der Waals surface area contributed by atoms with Gasteiger partial charge in [-0.25, -0.2) is 0 Å². The Balaban J connectivity index is 1.60. The van der Waals surface area contributed by atoms with Crippen LogP contribution < -0.4 is 10.6 Å². The molecule has 9 heteroatoms. The van der Waals surface area contributed by atoms with Crippen LogP contribution in [0.3, 0.4) is 0 Å². The highest BCUT2D eigenvalue weighted by molar-refractivity contribution is 7.80. The van der Waals surface area contributed by atoms with Crippen LogP contribution in [-0.2, 0) is 4.79 Å². The largest absolute Gasteiger partial charge is 0.457 e. The number of nitrogens with one attached hydrogen (secondary N) is 2. The first-order valence-corrected chi connectivity index (χ1v) is 10.0. The van der Waals surface area contributed by atoms with Crippen LogP contribution in [0.2, 0.25) is 20.1 Å². The molecule has 2 aromatic carbocycles. The van der Waals surface area contributed by atoms with Crippen molar-refractivity contribution in [1.82, 2.24) is 5.32 Å². The van der Waals surface area contributed by atoms with Gasteiger partial charge in [-0.15, -0.1) is 0 Å². The topological polar surface area (TPSA) is 54.3 Å². The van der Waals surface area contributed by atoms with Crippen LogP contribution >= 0.6 is 58.6 Å². The van der Waals surface area contributed by atoms with E-state index in [1.54, 1.807) is 24.3 Å². The Morgan fingerprint density at radius 3 is 2.24 bits per heavy atom. The second-order valence-electron chi connectivity index (χ2n) is 5.73. The number of carbonyl (C=O) groups is 1. The Kier molecular flexibility index (Phi) is 7.22. The van der Waals surface area contributed by atoms with Crippen molar-refractivity contribution in [2.45, 2.75) is 0 Å². The van der Waals surface area contributed by atoms with Gasteiger partial charge in [0.05, 0.1) is 15.7 Å². The second kappa shape index (κ2) is 9.65. The van der Waals surface area contributed by atoms with Gasteiger partial charge in [-0.2, -0.15) is 0 Å². The van der Waals surface area contributed by atoms with Crippen LogP contribution in [0.15, 0.2) is 59.0 Å². The van der Waals surface area contributed by atoms with Gasteiger partial charge < -0.3 is 9.73 Å². The van der Waals surface area contributed by atoms with Crippen molar-refractivity contribution in [1.29, 1.82) is 0 Å². The van der Waals surface area contributed by atoms with Crippen molar-refractivity contribution in [3.05, 3.63) is 80.5 Å². The standard InChI is InChI=1S/C20H12Cl4N2O2S/c21-12-3-1-11(2-4-12)17-7-5-14(28-17)6-8-18(27)25-20(29)26-19-15(23)9-13(22)10-16(19)24/h1-10H,(H2,25,26,27,29). The zero-order valence-corrected chi connectivity index (χ0v) is 18.4. The first-order valence-electron chi connectivity index (χ1n) is 8.12. The Bertz CT molecular complexity index is 1070. The zero-order valence-electron chi connectivity index (χ0n) is 14.5. The molecule has 0 saturated heterocycles. The Hall–Kier alpha value is -2.02. The molecule has 0 aliphatic carbocycles. The minimum Gasteiger partial charge on any atom is -0.457 e. The van der Waals surface area contributed by atoms with Crippen LogP contribution in [0.5, 0.6) is 0 Å². The highest BCUT2D eigenvalue weighted by atomic mass is 35.5. The van der Waals surface area contributed by atoms with E-state index >= 15 is 0 Å². The van der Waals surface area contributed by atoms with E-state index in [0.717, 1.165) is 5.56 Å². The highest BCUT2D eigenvalue weighted by Crippen LogP contribution is 2.33. The van der Waals surface area contributed by atoms with E-state index < -0.39 is 5.91 Å². The van der Waals surface area contributed by atoms with Crippen LogP contribution in [0, 0.1) is 0 Å². The van der Waals surface area contributed by atoms with Gasteiger partial charge in [0.2, 0.25) is 5.91 Å². The second-order valence-corrected chi connectivity index (χ2v) is 7.83. The van der Waals surface area contributed by atoms with Crippen molar-refractivity contribution in [3.63, 3.8) is 0 Å². The first-order chi connectivity index (χ1) is 13.8. The molecule has 1 amide bonds. The molecule has 0 spiro atoms. The summed E-state index contributed by atoms with van der Waals surface area (Å²) in [5.41, 5.74) is 1.23. The summed E-state index contributed by atoms with van der Waals surface area (Å²) in [6, 6.07) is 13.8. The fourth-order valence-electron chi connectivity index (χ4n) is 2.33. The molecule has 2 N–H and O–H groups in total. The van der Waals surface area contributed by atoms with Crippen molar-refractivity contribution in [2.24, 2.45) is 0 Å². The van der Waals surface area contributed by atoms with E-state index in [-0.39, 0.29) is 15.2 Å². The van der Waals surface area contributed by atoms with Gasteiger partial charge in [-0.3, -0.25) is 10.1 Å². The lowest BCUT2D eigenvalue weighted by molar-refractivity contribution is -0.115. The molecule has 0 saturated carbocycles. The van der Waals surface area contributed by atoms with Crippen LogP contribution in [0.1, 0.15) is 5.76 Å². The normalized spacial score (nSPS) is 10.9. The Morgan fingerprint density at radius 1 is 0.931 bits per heavy atom. The van der Waals surface area contributed by atoms with Gasteiger partial charge in [0.25, 0.3) is 0 Å². The molecule has 29 heavy (non-hydrogen) atoms. The molecule has 0 radical (unpaired) electrons. The van der Waals surface area contributed by atoms with Crippen molar-refractivity contribution in [3.8, 4) is 11.3 Å². The van der Waals surface area contributed by atoms with E-state index in [1.807, 2.05) is 12.1 Å². The lowest BCUT2D eigenvalue weighted by Crippen LogP contribution is -2.33. The molecule has 0 fully saturated rings. The maximum Gasteiger partial charge on any atom is 0.250 e. The maximum atomic E-state index is 12.1. The Labute approximate surface area is 192 Å². The molecular weight excluding hydrogens is 474 g/mol. The number of anilines is 1. The number of hydrogen-bond donors (Lipinski definition) is 2. The minimum absolute atomic E-state index is 0.0343. The molecule has 0 aliphatic heterocycles. The fourth-order valence-corrected chi connectivity index (χ4v) is 3.57. The summed E-state index contributed by atoms with van der Waals surface area (Å²) in [7, 11) is 0. The van der Waals surface area contributed by atoms with Gasteiger partial charge in [0, 0.05) is 21.7 Å². The van der Waals surface area contributed by atoms with Crippen LogP contribution in [0.4, 0.5) is 5.69 Å². The third kappa shape index (κ3) is 5.98. The number of thiocarbonyl (C=S) groups is 1. The van der Waals surface area contributed by atoms with Crippen molar-refractivity contribution in [2.75, 3.05) is 5.32 Å². The molecule has 0 aliphatic rings. The van der Waals surface area contributed by atoms with Gasteiger partial charge in [0.1, 0.15) is 11.5 Å². The quantitative estimate of drug-likeness (QED) is 0.306. The third-order valence-corrected chi connectivity index (χ3v) is 4.91. The number of rotatable bonds is 4. The van der Waals surface area contributed by atoms with Crippen molar-refractivity contribution < 1.29 is 9.21 Å². The average Bonchev–Trinajstić information content (AvgIpc) is 3.12. The van der Waals surface area contributed by atoms with Gasteiger partial charge in [-0.05, 0) is 66.8 Å². The predicted molar refractivity (Wildman–Crippen MR) is 124 cm³/mol. The summed E-state index contributed by atoms with van der Waals surface area (Å²) in [5, 5.41) is 6.89. The molecule has 4 nitrogen and oxygen atoms in total. The maximum absolute atomic E-state index is 12.1. The summed E-state index contributed by atoms with van der Waals surface area (Å²) in [4.78, 5) is 12.1. The Morgan fingerprint density at radius 2 is 1.59 bits per heavy atom. The fraction of sp³-hybridized carbons (Fsp3) is 0. The lowest BCUT2D eigenvalue weighted by atomic mass is 10.2. The highest BCUT2D eigenvalue weighted by Gasteiger charge is 2.10. The van der Waals surface area contributed by atoms with Crippen molar-refractivity contribution >= 4 is 81.4 Å². The van der Waals surface area contributed by atoms with E-state index in [9.17, 15) is 4.79 Å². The monoisotopic (exact) mass is 484 g/mol. The molecule has 0 bridgehead atoms. The zero-order chi connectivity index (χ0) is 21.0. The molecular formula is C20H12Cl4N2O2S. The number of furan rings is 1. The summed E-state index contributed by atoms with van der Waals surface area (Å²) in [6.07, 6.45) is 2.82.